The molecule has 8 heteroatoms. The zero-order valence-corrected chi connectivity index (χ0v) is 15.5. The minimum Gasteiger partial charge on any atom is -0.490 e. The van der Waals surface area contributed by atoms with Gasteiger partial charge in [-0.3, -0.25) is 14.9 Å². The molecular weight excluding hydrogens is 356 g/mol. The van der Waals surface area contributed by atoms with E-state index in [0.29, 0.717) is 43.4 Å². The van der Waals surface area contributed by atoms with Crippen LogP contribution < -0.4 is 9.47 Å². The molecule has 138 valence electrons. The van der Waals surface area contributed by atoms with Crippen molar-refractivity contribution in [2.24, 2.45) is 0 Å². The summed E-state index contributed by atoms with van der Waals surface area (Å²) in [6.45, 7) is 5.94. The van der Waals surface area contributed by atoms with Crippen molar-refractivity contribution in [2.75, 3.05) is 19.8 Å². The molecular formula is C18H20N2O5S. The van der Waals surface area contributed by atoms with E-state index in [1.54, 1.807) is 4.90 Å². The molecule has 1 aliphatic heterocycles. The number of carbonyl (C=O) groups excluding carboxylic acids is 1. The number of carbonyl (C=O) groups is 1. The fourth-order valence-electron chi connectivity index (χ4n) is 2.97. The van der Waals surface area contributed by atoms with Gasteiger partial charge < -0.3 is 14.4 Å². The smallest absolute Gasteiger partial charge is 0.324 e. The SMILES string of the molecule is CCOc1cc2c(cc1OCC)CN(C(=O)c1ccc([N+](=O)[O-])s1)CC2. The van der Waals surface area contributed by atoms with Gasteiger partial charge in [0.05, 0.1) is 23.0 Å². The monoisotopic (exact) mass is 376 g/mol. The lowest BCUT2D eigenvalue weighted by Crippen LogP contribution is -2.35. The first kappa shape index (κ1) is 18.2. The van der Waals surface area contributed by atoms with Gasteiger partial charge in [-0.1, -0.05) is 11.3 Å². The van der Waals surface area contributed by atoms with E-state index in [2.05, 4.69) is 0 Å². The van der Waals surface area contributed by atoms with E-state index in [1.165, 1.54) is 12.1 Å². The summed E-state index contributed by atoms with van der Waals surface area (Å²) in [6, 6.07) is 6.81. The number of thiophene rings is 1. The van der Waals surface area contributed by atoms with E-state index >= 15 is 0 Å². The van der Waals surface area contributed by atoms with Crippen LogP contribution in [0.25, 0.3) is 0 Å². The standard InChI is InChI=1S/C18H20N2O5S/c1-3-24-14-9-12-7-8-19(11-13(12)10-15(14)25-4-2)18(21)16-5-6-17(26-16)20(22)23/h5-6,9-10H,3-4,7-8,11H2,1-2H3. The second-order valence-corrected chi connectivity index (χ2v) is 6.87. The van der Waals surface area contributed by atoms with Crippen molar-refractivity contribution >= 4 is 22.2 Å². The van der Waals surface area contributed by atoms with E-state index in [-0.39, 0.29) is 10.9 Å². The Morgan fingerprint density at radius 2 is 1.85 bits per heavy atom. The topological polar surface area (TPSA) is 81.9 Å². The molecule has 1 amide bonds. The third kappa shape index (κ3) is 3.65. The highest BCUT2D eigenvalue weighted by atomic mass is 32.1. The number of benzene rings is 1. The maximum absolute atomic E-state index is 12.7. The summed E-state index contributed by atoms with van der Waals surface area (Å²) in [5.74, 6) is 1.22. The van der Waals surface area contributed by atoms with Gasteiger partial charge in [-0.25, -0.2) is 0 Å². The second kappa shape index (κ2) is 7.74. The Morgan fingerprint density at radius 3 is 2.42 bits per heavy atom. The normalized spacial score (nSPS) is 13.2. The van der Waals surface area contributed by atoms with Gasteiger partial charge in [0.25, 0.3) is 5.91 Å². The molecule has 0 saturated carbocycles. The molecule has 0 radical (unpaired) electrons. The average molecular weight is 376 g/mol. The van der Waals surface area contributed by atoms with Crippen LogP contribution in [0.4, 0.5) is 5.00 Å². The summed E-state index contributed by atoms with van der Waals surface area (Å²) in [5.41, 5.74) is 2.15. The van der Waals surface area contributed by atoms with Crippen molar-refractivity contribution in [3.63, 3.8) is 0 Å². The number of nitrogens with zero attached hydrogens (tertiary/aromatic N) is 2. The average Bonchev–Trinajstić information content (AvgIpc) is 3.12. The van der Waals surface area contributed by atoms with Gasteiger partial charge >= 0.3 is 5.00 Å². The Kier molecular flexibility index (Phi) is 5.41. The highest BCUT2D eigenvalue weighted by molar-refractivity contribution is 7.17. The highest BCUT2D eigenvalue weighted by Gasteiger charge is 2.26. The third-order valence-electron chi connectivity index (χ3n) is 4.15. The van der Waals surface area contributed by atoms with Crippen LogP contribution in [0.3, 0.4) is 0 Å². The Hall–Kier alpha value is -2.61. The predicted octanol–water partition coefficient (Wildman–Crippen LogP) is 3.65. The van der Waals surface area contributed by atoms with Gasteiger partial charge in [-0.15, -0.1) is 0 Å². The molecule has 2 heterocycles. The van der Waals surface area contributed by atoms with Crippen LogP contribution in [-0.4, -0.2) is 35.5 Å². The molecule has 0 atom stereocenters. The van der Waals surface area contributed by atoms with Crippen molar-refractivity contribution in [1.29, 1.82) is 0 Å². The molecule has 2 aromatic rings. The number of fused-ring (bicyclic) bond motifs is 1. The fraction of sp³-hybridized carbons (Fsp3) is 0.389. The van der Waals surface area contributed by atoms with Gasteiger partial charge in [0.15, 0.2) is 11.5 Å². The van der Waals surface area contributed by atoms with Crippen molar-refractivity contribution < 1.29 is 19.2 Å². The fourth-order valence-corrected chi connectivity index (χ4v) is 3.76. The molecule has 1 aromatic heterocycles. The quantitative estimate of drug-likeness (QED) is 0.568. The van der Waals surface area contributed by atoms with Crippen molar-refractivity contribution in [2.45, 2.75) is 26.8 Å². The number of hydrogen-bond donors (Lipinski definition) is 0. The number of hydrogen-bond acceptors (Lipinski definition) is 6. The molecule has 0 bridgehead atoms. The lowest BCUT2D eigenvalue weighted by atomic mass is 9.98. The zero-order chi connectivity index (χ0) is 18.7. The minimum absolute atomic E-state index is 0.0225. The minimum atomic E-state index is -0.476. The first-order valence-corrected chi connectivity index (χ1v) is 9.30. The molecule has 26 heavy (non-hydrogen) atoms. The molecule has 0 unspecified atom stereocenters. The van der Waals surface area contributed by atoms with Crippen LogP contribution in [0, 0.1) is 10.1 Å². The van der Waals surface area contributed by atoms with E-state index in [4.69, 9.17) is 9.47 Å². The molecule has 1 aromatic carbocycles. The number of rotatable bonds is 6. The predicted molar refractivity (Wildman–Crippen MR) is 98.2 cm³/mol. The molecule has 0 spiro atoms. The summed E-state index contributed by atoms with van der Waals surface area (Å²) in [7, 11) is 0. The van der Waals surface area contributed by atoms with E-state index < -0.39 is 4.92 Å². The number of amides is 1. The maximum atomic E-state index is 12.7. The van der Waals surface area contributed by atoms with E-state index in [1.807, 2.05) is 26.0 Å². The zero-order valence-electron chi connectivity index (χ0n) is 14.7. The second-order valence-electron chi connectivity index (χ2n) is 5.81. The van der Waals surface area contributed by atoms with Crippen molar-refractivity contribution in [1.82, 2.24) is 4.90 Å². The third-order valence-corrected chi connectivity index (χ3v) is 5.17. The van der Waals surface area contributed by atoms with Crippen LogP contribution in [-0.2, 0) is 13.0 Å². The Balaban J connectivity index is 1.82. The van der Waals surface area contributed by atoms with Gasteiger partial charge in [-0.05, 0) is 49.6 Å². The Morgan fingerprint density at radius 1 is 1.19 bits per heavy atom. The summed E-state index contributed by atoms with van der Waals surface area (Å²) < 4.78 is 11.3. The molecule has 0 saturated heterocycles. The first-order chi connectivity index (χ1) is 12.5. The van der Waals surface area contributed by atoms with E-state index in [9.17, 15) is 14.9 Å². The van der Waals surface area contributed by atoms with Gasteiger partial charge in [0.2, 0.25) is 0 Å². The first-order valence-electron chi connectivity index (χ1n) is 8.48. The van der Waals surface area contributed by atoms with Gasteiger partial charge in [-0.2, -0.15) is 0 Å². The summed E-state index contributed by atoms with van der Waals surface area (Å²) in [6.07, 6.45) is 0.709. The molecule has 0 aliphatic carbocycles. The molecule has 7 nitrogen and oxygen atoms in total. The molecule has 1 aliphatic rings. The summed E-state index contributed by atoms with van der Waals surface area (Å²) >= 11 is 0.909. The van der Waals surface area contributed by atoms with Crippen LogP contribution in [0.5, 0.6) is 11.5 Å². The number of nitro groups is 1. The number of ether oxygens (including phenoxy) is 2. The molecule has 0 N–H and O–H groups in total. The van der Waals surface area contributed by atoms with E-state index in [0.717, 1.165) is 28.2 Å². The highest BCUT2D eigenvalue weighted by Crippen LogP contribution is 2.34. The summed E-state index contributed by atoms with van der Waals surface area (Å²) in [4.78, 5) is 25.1. The van der Waals surface area contributed by atoms with Crippen LogP contribution >= 0.6 is 11.3 Å². The van der Waals surface area contributed by atoms with Crippen LogP contribution in [0.2, 0.25) is 0 Å². The van der Waals surface area contributed by atoms with Crippen LogP contribution in [0.1, 0.15) is 34.6 Å². The van der Waals surface area contributed by atoms with Crippen LogP contribution in [0.15, 0.2) is 24.3 Å². The van der Waals surface area contributed by atoms with Gasteiger partial charge in [0, 0.05) is 19.2 Å². The molecule has 3 rings (SSSR count). The van der Waals surface area contributed by atoms with Crippen molar-refractivity contribution in [3.8, 4) is 11.5 Å². The maximum Gasteiger partial charge on any atom is 0.324 e. The lowest BCUT2D eigenvalue weighted by molar-refractivity contribution is -0.380. The molecule has 0 fully saturated rings. The van der Waals surface area contributed by atoms with Gasteiger partial charge in [0.1, 0.15) is 0 Å². The Labute approximate surface area is 155 Å². The largest absolute Gasteiger partial charge is 0.490 e. The summed E-state index contributed by atoms with van der Waals surface area (Å²) in [5, 5.41) is 10.8. The lowest BCUT2D eigenvalue weighted by Gasteiger charge is -2.29. The Bertz CT molecular complexity index is 833. The van der Waals surface area contributed by atoms with Crippen molar-refractivity contribution in [3.05, 3.63) is 50.4 Å².